The topological polar surface area (TPSA) is 65.5 Å². The van der Waals surface area contributed by atoms with Crippen LogP contribution in [0.15, 0.2) is 59.6 Å². The number of carbonyl (C=O) groups is 1. The van der Waals surface area contributed by atoms with Gasteiger partial charge in [-0.25, -0.2) is 4.99 Å². The number of hydrogen-bond donors (Lipinski definition) is 3. The van der Waals surface area contributed by atoms with Crippen LogP contribution in [-0.2, 0) is 11.2 Å². The first-order valence-electron chi connectivity index (χ1n) is 8.64. The number of amides is 1. The van der Waals surface area contributed by atoms with E-state index in [1.54, 1.807) is 12.1 Å². The van der Waals surface area contributed by atoms with Gasteiger partial charge in [0.25, 0.3) is 0 Å². The Labute approximate surface area is 154 Å². The second-order valence-electron chi connectivity index (χ2n) is 5.63. The highest BCUT2D eigenvalue weighted by molar-refractivity contribution is 5.94. The summed E-state index contributed by atoms with van der Waals surface area (Å²) in [5, 5.41) is 9.18. The molecule has 0 bridgehead atoms. The number of aliphatic imine (C=N–C) groups is 1. The van der Waals surface area contributed by atoms with Crippen molar-refractivity contribution in [1.29, 1.82) is 0 Å². The Hall–Kier alpha value is -3.26. The third-order valence-electron chi connectivity index (χ3n) is 3.59. The Morgan fingerprint density at radius 3 is 2.65 bits per heavy atom. The molecule has 0 aliphatic rings. The molecule has 1 amide bonds. The van der Waals surface area contributed by atoms with Gasteiger partial charge in [0, 0.05) is 24.3 Å². The van der Waals surface area contributed by atoms with Crippen molar-refractivity contribution in [2.45, 2.75) is 13.3 Å². The average Bonchev–Trinajstić information content (AvgIpc) is 2.67. The van der Waals surface area contributed by atoms with Gasteiger partial charge in [-0.2, -0.15) is 0 Å². The van der Waals surface area contributed by atoms with E-state index in [2.05, 4.69) is 39.0 Å². The molecule has 0 aliphatic heterocycles. The molecule has 0 fully saturated rings. The zero-order chi connectivity index (χ0) is 18.6. The highest BCUT2D eigenvalue weighted by atomic mass is 16.1. The lowest BCUT2D eigenvalue weighted by atomic mass is 10.1. The second-order valence-corrected chi connectivity index (χ2v) is 5.63. The molecule has 0 aromatic heterocycles. The van der Waals surface area contributed by atoms with Crippen LogP contribution in [-0.4, -0.2) is 31.5 Å². The first kappa shape index (κ1) is 19.1. The van der Waals surface area contributed by atoms with Gasteiger partial charge in [0.1, 0.15) is 6.54 Å². The van der Waals surface area contributed by atoms with E-state index in [-0.39, 0.29) is 12.5 Å². The van der Waals surface area contributed by atoms with Gasteiger partial charge in [-0.05, 0) is 37.1 Å². The predicted octanol–water partition coefficient (Wildman–Crippen LogP) is 2.40. The summed E-state index contributed by atoms with van der Waals surface area (Å²) < 4.78 is 0. The molecule has 0 heterocycles. The summed E-state index contributed by atoms with van der Waals surface area (Å²) in [6.45, 7) is 3.48. The number of benzene rings is 2. The van der Waals surface area contributed by atoms with Gasteiger partial charge in [0.2, 0.25) is 5.91 Å². The fourth-order valence-corrected chi connectivity index (χ4v) is 2.35. The van der Waals surface area contributed by atoms with E-state index in [0.717, 1.165) is 25.1 Å². The van der Waals surface area contributed by atoms with Gasteiger partial charge in [-0.3, -0.25) is 4.79 Å². The van der Waals surface area contributed by atoms with E-state index in [0.29, 0.717) is 11.6 Å². The first-order valence-corrected chi connectivity index (χ1v) is 8.64. The van der Waals surface area contributed by atoms with Crippen molar-refractivity contribution >= 4 is 17.6 Å². The molecule has 5 heteroatoms. The lowest BCUT2D eigenvalue weighted by Crippen LogP contribution is -2.39. The Balaban J connectivity index is 1.84. The van der Waals surface area contributed by atoms with Gasteiger partial charge < -0.3 is 16.0 Å². The number of terminal acetylenes is 1. The molecule has 3 N–H and O–H groups in total. The normalized spacial score (nSPS) is 10.7. The number of nitrogens with one attached hydrogen (secondary N) is 3. The Kier molecular flexibility index (Phi) is 7.75. The zero-order valence-corrected chi connectivity index (χ0v) is 15.0. The Morgan fingerprint density at radius 2 is 1.92 bits per heavy atom. The zero-order valence-electron chi connectivity index (χ0n) is 15.0. The van der Waals surface area contributed by atoms with Crippen molar-refractivity contribution in [3.8, 4) is 12.3 Å². The molecule has 0 saturated heterocycles. The maximum absolute atomic E-state index is 12.1. The molecule has 5 nitrogen and oxygen atoms in total. The minimum atomic E-state index is -0.195. The lowest BCUT2D eigenvalue weighted by molar-refractivity contribution is -0.114. The van der Waals surface area contributed by atoms with Gasteiger partial charge in [0.05, 0.1) is 0 Å². The van der Waals surface area contributed by atoms with Gasteiger partial charge in [-0.15, -0.1) is 6.42 Å². The van der Waals surface area contributed by atoms with Gasteiger partial charge >= 0.3 is 0 Å². The van der Waals surface area contributed by atoms with E-state index in [1.165, 1.54) is 5.56 Å². The second kappa shape index (κ2) is 10.6. The lowest BCUT2D eigenvalue weighted by Gasteiger charge is -2.11. The molecular weight excluding hydrogens is 324 g/mol. The van der Waals surface area contributed by atoms with Gasteiger partial charge in [-0.1, -0.05) is 42.3 Å². The third kappa shape index (κ3) is 6.70. The Morgan fingerprint density at radius 1 is 1.12 bits per heavy atom. The molecule has 0 unspecified atom stereocenters. The summed E-state index contributed by atoms with van der Waals surface area (Å²) in [6.07, 6.45) is 6.25. The van der Waals surface area contributed by atoms with Crippen LogP contribution in [0.5, 0.6) is 0 Å². The highest BCUT2D eigenvalue weighted by Gasteiger charge is 2.04. The van der Waals surface area contributed by atoms with Crippen LogP contribution in [0.1, 0.15) is 18.1 Å². The van der Waals surface area contributed by atoms with Crippen molar-refractivity contribution < 1.29 is 4.79 Å². The van der Waals surface area contributed by atoms with Crippen LogP contribution in [0.2, 0.25) is 0 Å². The standard InChI is InChI=1S/C21H24N4O/c1-3-17-11-8-12-19(15-17)25-20(26)16-24-21(22-4-2)23-14-13-18-9-6-5-7-10-18/h1,5-12,15H,4,13-14,16H2,2H3,(H,25,26)(H2,22,23,24). The summed E-state index contributed by atoms with van der Waals surface area (Å²) in [4.78, 5) is 16.4. The van der Waals surface area contributed by atoms with Crippen molar-refractivity contribution in [3.05, 3.63) is 65.7 Å². The summed E-state index contributed by atoms with van der Waals surface area (Å²) in [5.74, 6) is 2.97. The molecule has 2 aromatic rings. The van der Waals surface area contributed by atoms with Crippen LogP contribution in [0, 0.1) is 12.3 Å². The number of hydrogen-bond acceptors (Lipinski definition) is 2. The van der Waals surface area contributed by atoms with Crippen LogP contribution >= 0.6 is 0 Å². The number of carbonyl (C=O) groups excluding carboxylic acids is 1. The summed E-state index contributed by atoms with van der Waals surface area (Å²) >= 11 is 0. The predicted molar refractivity (Wildman–Crippen MR) is 107 cm³/mol. The largest absolute Gasteiger partial charge is 0.357 e. The van der Waals surface area contributed by atoms with E-state index in [4.69, 9.17) is 6.42 Å². The highest BCUT2D eigenvalue weighted by Crippen LogP contribution is 2.09. The molecule has 2 rings (SSSR count). The molecule has 0 saturated carbocycles. The van der Waals surface area contributed by atoms with Crippen molar-refractivity contribution in [1.82, 2.24) is 10.6 Å². The Bertz CT molecular complexity index is 778. The van der Waals surface area contributed by atoms with E-state index in [1.807, 2.05) is 37.3 Å². The molecule has 26 heavy (non-hydrogen) atoms. The molecule has 0 aliphatic carbocycles. The monoisotopic (exact) mass is 348 g/mol. The van der Waals surface area contributed by atoms with Crippen LogP contribution < -0.4 is 16.0 Å². The van der Waals surface area contributed by atoms with Gasteiger partial charge in [0.15, 0.2) is 5.96 Å². The number of nitrogens with zero attached hydrogens (tertiary/aromatic N) is 1. The van der Waals surface area contributed by atoms with Crippen molar-refractivity contribution in [3.63, 3.8) is 0 Å². The molecule has 2 aromatic carbocycles. The maximum Gasteiger partial charge on any atom is 0.246 e. The summed E-state index contributed by atoms with van der Waals surface area (Å²) in [5.41, 5.74) is 2.65. The van der Waals surface area contributed by atoms with Crippen molar-refractivity contribution in [2.24, 2.45) is 4.99 Å². The number of rotatable bonds is 7. The summed E-state index contributed by atoms with van der Waals surface area (Å²) in [7, 11) is 0. The fourth-order valence-electron chi connectivity index (χ4n) is 2.35. The number of guanidine groups is 1. The smallest absolute Gasteiger partial charge is 0.246 e. The minimum Gasteiger partial charge on any atom is -0.357 e. The molecule has 134 valence electrons. The van der Waals surface area contributed by atoms with E-state index in [9.17, 15) is 4.79 Å². The molecule has 0 radical (unpaired) electrons. The minimum absolute atomic E-state index is 0.0287. The quantitative estimate of drug-likeness (QED) is 0.409. The number of anilines is 1. The van der Waals surface area contributed by atoms with Crippen LogP contribution in [0.4, 0.5) is 5.69 Å². The van der Waals surface area contributed by atoms with E-state index >= 15 is 0 Å². The van der Waals surface area contributed by atoms with Crippen LogP contribution in [0.3, 0.4) is 0 Å². The third-order valence-corrected chi connectivity index (χ3v) is 3.59. The average molecular weight is 348 g/mol. The van der Waals surface area contributed by atoms with Crippen molar-refractivity contribution in [2.75, 3.05) is 25.0 Å². The molecule has 0 atom stereocenters. The maximum atomic E-state index is 12.1. The van der Waals surface area contributed by atoms with E-state index < -0.39 is 0 Å². The first-order chi connectivity index (χ1) is 12.7. The molecule has 0 spiro atoms. The van der Waals surface area contributed by atoms with Crippen LogP contribution in [0.25, 0.3) is 0 Å². The SMILES string of the molecule is C#Cc1cccc(NC(=O)CN=C(NCC)NCCc2ccccc2)c1. The fraction of sp³-hybridized carbons (Fsp3) is 0.238. The molecular formula is C21H24N4O. The summed E-state index contributed by atoms with van der Waals surface area (Å²) in [6, 6.07) is 17.4.